The van der Waals surface area contributed by atoms with Crippen molar-refractivity contribution in [2.75, 3.05) is 26.3 Å². The van der Waals surface area contributed by atoms with Crippen LogP contribution >= 0.6 is 0 Å². The van der Waals surface area contributed by atoms with E-state index in [0.29, 0.717) is 43.7 Å². The Labute approximate surface area is 222 Å². The number of nitrogens with zero attached hydrogens (tertiary/aromatic N) is 5. The first kappa shape index (κ1) is 27.3. The van der Waals surface area contributed by atoms with Gasteiger partial charge < -0.3 is 19.5 Å². The van der Waals surface area contributed by atoms with E-state index in [9.17, 15) is 28.2 Å². The first-order valence-electron chi connectivity index (χ1n) is 13.0. The number of carboxylic acid groups (broad SMARTS) is 1. The molecule has 2 aromatic heterocycles. The molecule has 2 aliphatic heterocycles. The van der Waals surface area contributed by atoms with Gasteiger partial charge in [0.1, 0.15) is 0 Å². The number of β-amino-alcohol motifs (C(OH)–C–C–N with tert-alkyl or cyclic N) is 1. The fourth-order valence-electron chi connectivity index (χ4n) is 5.37. The second kappa shape index (κ2) is 11.4. The van der Waals surface area contributed by atoms with Crippen LogP contribution in [0.5, 0.6) is 0 Å². The summed E-state index contributed by atoms with van der Waals surface area (Å²) in [6, 6.07) is 6.16. The molecule has 4 heterocycles. The Balaban J connectivity index is 1.32. The number of hydrogen-bond acceptors (Lipinski definition) is 8. The van der Waals surface area contributed by atoms with Gasteiger partial charge in [-0.05, 0) is 37.8 Å². The molecule has 2 N–H and O–H groups in total. The predicted octanol–water partition coefficient (Wildman–Crippen LogP) is 4.33. The van der Waals surface area contributed by atoms with Crippen molar-refractivity contribution in [3.05, 3.63) is 41.7 Å². The summed E-state index contributed by atoms with van der Waals surface area (Å²) in [5.41, 5.74) is -0.0773. The second-order valence-corrected chi connectivity index (χ2v) is 10.00. The fraction of sp³-hybridized carbons (Fsp3) is 0.538. The number of rotatable bonds is 8. The van der Waals surface area contributed by atoms with Crippen LogP contribution in [0.3, 0.4) is 0 Å². The van der Waals surface area contributed by atoms with Crippen LogP contribution in [-0.2, 0) is 15.7 Å². The van der Waals surface area contributed by atoms with Crippen molar-refractivity contribution in [2.45, 2.75) is 62.9 Å². The van der Waals surface area contributed by atoms with Gasteiger partial charge in [0, 0.05) is 31.4 Å². The first-order valence-corrected chi connectivity index (χ1v) is 13.0. The summed E-state index contributed by atoms with van der Waals surface area (Å²) in [4.78, 5) is 17.4. The van der Waals surface area contributed by atoms with Crippen molar-refractivity contribution < 1.29 is 37.4 Å². The smallest absolute Gasteiger partial charge is 0.433 e. The zero-order valence-electron chi connectivity index (χ0n) is 21.2. The summed E-state index contributed by atoms with van der Waals surface area (Å²) in [7, 11) is 0. The molecule has 3 aromatic rings. The number of aliphatic hydroxyl groups excluding tert-OH is 1. The highest BCUT2D eigenvalue weighted by atomic mass is 19.4. The van der Waals surface area contributed by atoms with Crippen LogP contribution < -0.4 is 0 Å². The molecule has 0 saturated carbocycles. The van der Waals surface area contributed by atoms with Crippen molar-refractivity contribution in [1.82, 2.24) is 24.8 Å². The highest BCUT2D eigenvalue weighted by Crippen LogP contribution is 2.39. The van der Waals surface area contributed by atoms with Gasteiger partial charge in [-0.1, -0.05) is 35.8 Å². The maximum Gasteiger partial charge on any atom is 0.433 e. The molecule has 2 saturated heterocycles. The number of alkyl halides is 3. The molecule has 39 heavy (non-hydrogen) atoms. The summed E-state index contributed by atoms with van der Waals surface area (Å²) in [6.07, 6.45) is -0.817. The largest absolute Gasteiger partial charge is 0.481 e. The monoisotopic (exact) mass is 549 g/mol. The van der Waals surface area contributed by atoms with E-state index >= 15 is 0 Å². The van der Waals surface area contributed by atoms with E-state index in [2.05, 4.69) is 15.2 Å². The number of aliphatic carboxylic acids is 1. The summed E-state index contributed by atoms with van der Waals surface area (Å²) in [5, 5.41) is 27.9. The molecule has 0 unspecified atom stereocenters. The highest BCUT2D eigenvalue weighted by Gasteiger charge is 2.42. The molecule has 0 radical (unpaired) electrons. The fourth-order valence-corrected chi connectivity index (χ4v) is 5.37. The number of aliphatic hydroxyl groups is 1. The summed E-state index contributed by atoms with van der Waals surface area (Å²) in [5.74, 6) is -1.03. The number of piperidine rings is 1. The number of carbonyl (C=O) groups is 1. The maximum absolute atomic E-state index is 14.0. The predicted molar refractivity (Wildman–Crippen MR) is 131 cm³/mol. The normalized spacial score (nSPS) is 20.3. The third-order valence-electron chi connectivity index (χ3n) is 7.38. The molecule has 2 atom stereocenters. The Morgan fingerprint density at radius 3 is 2.56 bits per heavy atom. The van der Waals surface area contributed by atoms with Crippen LogP contribution in [0, 0.1) is 0 Å². The molecule has 13 heteroatoms. The Morgan fingerprint density at radius 2 is 1.87 bits per heavy atom. The van der Waals surface area contributed by atoms with Gasteiger partial charge in [-0.15, -0.1) is 0 Å². The summed E-state index contributed by atoms with van der Waals surface area (Å²) < 4.78 is 53.6. The zero-order chi connectivity index (χ0) is 27.6. The van der Waals surface area contributed by atoms with Crippen LogP contribution in [0.4, 0.5) is 13.2 Å². The highest BCUT2D eigenvalue weighted by molar-refractivity contribution is 5.67. The minimum absolute atomic E-state index is 0.0375. The molecule has 5 rings (SSSR count). The molecule has 0 bridgehead atoms. The van der Waals surface area contributed by atoms with Crippen molar-refractivity contribution in [2.24, 2.45) is 0 Å². The van der Waals surface area contributed by atoms with E-state index in [1.807, 2.05) is 4.90 Å². The van der Waals surface area contributed by atoms with Crippen molar-refractivity contribution in [3.63, 3.8) is 0 Å². The summed E-state index contributed by atoms with van der Waals surface area (Å²) in [6.45, 7) is 1.77. The van der Waals surface area contributed by atoms with Crippen LogP contribution in [-0.4, -0.2) is 73.3 Å². The number of aromatic nitrogens is 4. The van der Waals surface area contributed by atoms with Gasteiger partial charge in [-0.2, -0.15) is 23.3 Å². The van der Waals surface area contributed by atoms with E-state index < -0.39 is 30.0 Å². The SMILES string of the molecule is O=C(O)C[C@H]1CCCCN1C[C@@H](O)c1ccc(-c2noc(-c3cnn(C4CCOCC4)c3C(F)(F)F)n2)cc1. The van der Waals surface area contributed by atoms with Crippen molar-refractivity contribution in [1.29, 1.82) is 0 Å². The van der Waals surface area contributed by atoms with Crippen molar-refractivity contribution in [3.8, 4) is 22.8 Å². The molecular formula is C26H30F3N5O5. The topological polar surface area (TPSA) is 127 Å². The van der Waals surface area contributed by atoms with Crippen molar-refractivity contribution >= 4 is 5.97 Å². The third-order valence-corrected chi connectivity index (χ3v) is 7.38. The van der Waals surface area contributed by atoms with Gasteiger partial charge in [-0.3, -0.25) is 14.4 Å². The Kier molecular flexibility index (Phi) is 8.01. The molecule has 1 aromatic carbocycles. The molecule has 0 spiro atoms. The number of benzene rings is 1. The molecule has 0 aliphatic carbocycles. The van der Waals surface area contributed by atoms with E-state index in [0.717, 1.165) is 36.7 Å². The quantitative estimate of drug-likeness (QED) is 0.422. The number of ether oxygens (including phenoxy) is 1. The average Bonchev–Trinajstić information content (AvgIpc) is 3.58. The van der Waals surface area contributed by atoms with Gasteiger partial charge in [0.2, 0.25) is 5.82 Å². The van der Waals surface area contributed by atoms with Gasteiger partial charge in [-0.25, -0.2) is 0 Å². The van der Waals surface area contributed by atoms with Crippen LogP contribution in [0.15, 0.2) is 35.0 Å². The van der Waals surface area contributed by atoms with Crippen LogP contribution in [0.1, 0.15) is 61.9 Å². The standard InChI is InChI=1S/C26H30F3N5O5/c27-26(28,29)23-20(14-30-34(23)18-8-11-38-12-9-18)25-31-24(32-39-25)17-6-4-16(5-7-17)21(35)15-33-10-2-1-3-19(33)13-22(36)37/h4-7,14,18-19,21,35H,1-3,8-13,15H2,(H,36,37)/t19-,21-/m1/s1. The number of hydrogen-bond donors (Lipinski definition) is 2. The summed E-state index contributed by atoms with van der Waals surface area (Å²) >= 11 is 0. The Hall–Kier alpha value is -3.29. The third kappa shape index (κ3) is 6.15. The van der Waals surface area contributed by atoms with Gasteiger partial charge in [0.25, 0.3) is 5.89 Å². The second-order valence-electron chi connectivity index (χ2n) is 10.00. The first-order chi connectivity index (χ1) is 18.7. The lowest BCUT2D eigenvalue weighted by Crippen LogP contribution is -2.43. The number of halogens is 3. The molecule has 2 aliphatic rings. The lowest BCUT2D eigenvalue weighted by Gasteiger charge is -2.36. The van der Waals surface area contributed by atoms with E-state index in [4.69, 9.17) is 9.26 Å². The number of likely N-dealkylation sites (tertiary alicyclic amines) is 1. The molecule has 210 valence electrons. The Morgan fingerprint density at radius 1 is 1.13 bits per heavy atom. The van der Waals surface area contributed by atoms with Crippen LogP contribution in [0.2, 0.25) is 0 Å². The van der Waals surface area contributed by atoms with Gasteiger partial charge in [0.05, 0.1) is 30.3 Å². The molecule has 0 amide bonds. The van der Waals surface area contributed by atoms with E-state index in [1.54, 1.807) is 24.3 Å². The minimum atomic E-state index is -4.67. The van der Waals surface area contributed by atoms with Gasteiger partial charge in [0.15, 0.2) is 5.69 Å². The lowest BCUT2D eigenvalue weighted by atomic mass is 9.97. The molecule has 10 nitrogen and oxygen atoms in total. The minimum Gasteiger partial charge on any atom is -0.481 e. The van der Waals surface area contributed by atoms with E-state index in [1.165, 1.54) is 0 Å². The average molecular weight is 550 g/mol. The number of carboxylic acids is 1. The van der Waals surface area contributed by atoms with Gasteiger partial charge >= 0.3 is 12.1 Å². The Bertz CT molecular complexity index is 1270. The molecule has 2 fully saturated rings. The maximum atomic E-state index is 14.0. The van der Waals surface area contributed by atoms with Crippen LogP contribution in [0.25, 0.3) is 22.8 Å². The molecular weight excluding hydrogens is 519 g/mol. The zero-order valence-corrected chi connectivity index (χ0v) is 21.2. The lowest BCUT2D eigenvalue weighted by molar-refractivity contribution is -0.145. The van der Waals surface area contributed by atoms with E-state index in [-0.39, 0.29) is 29.7 Å².